The molecule has 0 saturated heterocycles. The van der Waals surface area contributed by atoms with Crippen molar-refractivity contribution < 1.29 is 45.7 Å². The van der Waals surface area contributed by atoms with E-state index in [4.69, 9.17) is 16.3 Å². The van der Waals surface area contributed by atoms with E-state index in [-0.39, 0.29) is 35.8 Å². The molecule has 5 aromatic rings. The quantitative estimate of drug-likeness (QED) is 0.170. The minimum atomic E-state index is -5.23. The normalized spacial score (nSPS) is 12.0. The lowest BCUT2D eigenvalue weighted by Crippen LogP contribution is -2.28. The van der Waals surface area contributed by atoms with E-state index < -0.39 is 58.3 Å². The van der Waals surface area contributed by atoms with Crippen LogP contribution in [0.2, 0.25) is 5.02 Å². The Morgan fingerprint density at radius 3 is 2.52 bits per heavy atom. The van der Waals surface area contributed by atoms with Crippen molar-refractivity contribution in [2.45, 2.75) is 25.8 Å². The number of hydrogen-bond donors (Lipinski definition) is 1. The number of fused-ring (bicyclic) bond motifs is 2. The Labute approximate surface area is 262 Å². The van der Waals surface area contributed by atoms with E-state index in [0.717, 1.165) is 15.9 Å². The van der Waals surface area contributed by atoms with Crippen LogP contribution in [0.4, 0.5) is 26.3 Å². The zero-order valence-corrected chi connectivity index (χ0v) is 24.7. The third-order valence-corrected chi connectivity index (χ3v) is 7.91. The first-order valence-electron chi connectivity index (χ1n) is 12.9. The number of hydrogen-bond acceptors (Lipinski definition) is 8. The standard InChI is InChI=1S/C29H17ClF6N4O5S/c1-13-39-20-9-19(29(34,35)36)24(45-12-28(31,32)33)17(10-37)22(20)26(41)40(13)6-7-44-21-3-2-14(30)8-16(21)15-4-5-38-23-18(27(42)43)11-46-25(15)23/h2-5,8-9,11H,6-7,12H2,1H3,(H,42,43). The average Bonchev–Trinajstić information content (AvgIpc) is 3.42. The molecule has 3 aromatic heterocycles. The van der Waals surface area contributed by atoms with Gasteiger partial charge in [-0.25, -0.2) is 9.78 Å². The highest BCUT2D eigenvalue weighted by Crippen LogP contribution is 2.42. The van der Waals surface area contributed by atoms with Crippen molar-refractivity contribution in [2.75, 3.05) is 13.2 Å². The predicted molar refractivity (Wildman–Crippen MR) is 155 cm³/mol. The summed E-state index contributed by atoms with van der Waals surface area (Å²) in [5.41, 5.74) is -2.98. The number of carboxylic acids is 1. The number of rotatable bonds is 8. The van der Waals surface area contributed by atoms with Crippen LogP contribution in [-0.4, -0.2) is 45.0 Å². The van der Waals surface area contributed by atoms with Crippen LogP contribution in [0.3, 0.4) is 0 Å². The molecule has 0 fully saturated rings. The molecule has 0 spiro atoms. The van der Waals surface area contributed by atoms with Crippen molar-refractivity contribution in [2.24, 2.45) is 0 Å². The van der Waals surface area contributed by atoms with Crippen molar-refractivity contribution in [3.63, 3.8) is 0 Å². The molecule has 5 rings (SSSR count). The van der Waals surface area contributed by atoms with Gasteiger partial charge in [0.25, 0.3) is 5.56 Å². The van der Waals surface area contributed by atoms with Gasteiger partial charge in [0.15, 0.2) is 12.4 Å². The van der Waals surface area contributed by atoms with E-state index in [0.29, 0.717) is 26.9 Å². The second kappa shape index (κ2) is 12.1. The zero-order valence-electron chi connectivity index (χ0n) is 23.1. The molecule has 1 N–H and O–H groups in total. The summed E-state index contributed by atoms with van der Waals surface area (Å²) in [5.74, 6) is -2.37. The van der Waals surface area contributed by atoms with Gasteiger partial charge in [0.2, 0.25) is 0 Å². The van der Waals surface area contributed by atoms with Gasteiger partial charge in [-0.2, -0.15) is 31.6 Å². The number of aromatic carboxylic acids is 1. The van der Waals surface area contributed by atoms with Crippen molar-refractivity contribution in [1.29, 1.82) is 5.26 Å². The molecule has 0 aliphatic heterocycles. The first-order chi connectivity index (χ1) is 21.6. The number of benzene rings is 2. The number of aryl methyl sites for hydroxylation is 1. The van der Waals surface area contributed by atoms with Gasteiger partial charge in [0.1, 0.15) is 35.4 Å². The molecule has 0 bridgehead atoms. The third kappa shape index (κ3) is 6.28. The largest absolute Gasteiger partial charge is 0.491 e. The molecule has 0 unspecified atom stereocenters. The van der Waals surface area contributed by atoms with Gasteiger partial charge >= 0.3 is 18.3 Å². The van der Waals surface area contributed by atoms with E-state index in [1.54, 1.807) is 18.2 Å². The molecule has 0 atom stereocenters. The second-order valence-electron chi connectivity index (χ2n) is 9.63. The van der Waals surface area contributed by atoms with Crippen LogP contribution < -0.4 is 15.0 Å². The molecule has 0 aliphatic carbocycles. The number of nitrogens with zero attached hydrogens (tertiary/aromatic N) is 4. The number of carboxylic acid groups (broad SMARTS) is 1. The summed E-state index contributed by atoms with van der Waals surface area (Å²) < 4.78 is 91.8. The molecule has 0 saturated carbocycles. The number of halogens is 7. The summed E-state index contributed by atoms with van der Waals surface area (Å²) in [6.45, 7) is -1.27. The summed E-state index contributed by atoms with van der Waals surface area (Å²) in [5, 5.41) is 20.3. The summed E-state index contributed by atoms with van der Waals surface area (Å²) in [4.78, 5) is 33.3. The number of pyridine rings is 1. The number of thiophene rings is 1. The van der Waals surface area contributed by atoms with Crippen LogP contribution in [0.15, 0.2) is 46.7 Å². The summed E-state index contributed by atoms with van der Waals surface area (Å²) in [6, 6.07) is 8.05. The Morgan fingerprint density at radius 2 is 1.87 bits per heavy atom. The van der Waals surface area contributed by atoms with Gasteiger partial charge in [0.05, 0.1) is 33.2 Å². The van der Waals surface area contributed by atoms with Crippen LogP contribution in [0, 0.1) is 18.3 Å². The van der Waals surface area contributed by atoms with Crippen LogP contribution in [0.25, 0.3) is 32.2 Å². The molecular weight excluding hydrogens is 666 g/mol. The Hall–Kier alpha value is -4.88. The van der Waals surface area contributed by atoms with E-state index in [1.165, 1.54) is 30.6 Å². The number of alkyl halides is 6. The topological polar surface area (TPSA) is 127 Å². The van der Waals surface area contributed by atoms with Crippen LogP contribution >= 0.6 is 22.9 Å². The fraction of sp³-hybridized carbons (Fsp3) is 0.207. The first-order valence-corrected chi connectivity index (χ1v) is 14.1. The minimum Gasteiger partial charge on any atom is -0.491 e. The van der Waals surface area contributed by atoms with E-state index >= 15 is 0 Å². The Bertz CT molecular complexity index is 2120. The monoisotopic (exact) mass is 682 g/mol. The molecule has 0 aliphatic rings. The molecule has 46 heavy (non-hydrogen) atoms. The molecule has 3 heterocycles. The average molecular weight is 683 g/mol. The van der Waals surface area contributed by atoms with E-state index in [1.807, 2.05) is 0 Å². The predicted octanol–water partition coefficient (Wildman–Crippen LogP) is 7.24. The number of nitriles is 1. The highest BCUT2D eigenvalue weighted by Gasteiger charge is 2.39. The molecule has 238 valence electrons. The van der Waals surface area contributed by atoms with Gasteiger partial charge in [-0.1, -0.05) is 11.6 Å². The number of aromatic nitrogens is 3. The van der Waals surface area contributed by atoms with Gasteiger partial charge in [-0.3, -0.25) is 14.3 Å². The van der Waals surface area contributed by atoms with Crippen LogP contribution in [-0.2, 0) is 12.7 Å². The van der Waals surface area contributed by atoms with E-state index in [2.05, 4.69) is 14.7 Å². The Balaban J connectivity index is 1.53. The Morgan fingerprint density at radius 1 is 1.13 bits per heavy atom. The van der Waals surface area contributed by atoms with Crippen LogP contribution in [0.5, 0.6) is 11.5 Å². The maximum absolute atomic E-state index is 13.8. The fourth-order valence-corrected chi connectivity index (χ4v) is 5.94. The van der Waals surface area contributed by atoms with Gasteiger partial charge in [-0.05, 0) is 37.3 Å². The van der Waals surface area contributed by atoms with Gasteiger partial charge in [-0.15, -0.1) is 11.3 Å². The Kier molecular flexibility index (Phi) is 8.58. The minimum absolute atomic E-state index is 0.0102. The molecular formula is C29H17ClF6N4O5S. The van der Waals surface area contributed by atoms with Gasteiger partial charge in [0, 0.05) is 27.7 Å². The smallest absolute Gasteiger partial charge is 0.422 e. The lowest BCUT2D eigenvalue weighted by Gasteiger charge is -2.19. The summed E-state index contributed by atoms with van der Waals surface area (Å²) >= 11 is 7.39. The summed E-state index contributed by atoms with van der Waals surface area (Å²) in [6.07, 6.45) is -8.83. The SMILES string of the molecule is Cc1nc2cc(C(F)(F)F)c(OCC(F)(F)F)c(C#N)c2c(=O)n1CCOc1ccc(Cl)cc1-c1ccnc2c(C(=O)O)csc12. The first kappa shape index (κ1) is 32.5. The highest BCUT2D eigenvalue weighted by atomic mass is 35.5. The molecule has 0 amide bonds. The zero-order chi connectivity index (χ0) is 33.6. The lowest BCUT2D eigenvalue weighted by molar-refractivity contribution is -0.158. The van der Waals surface area contributed by atoms with E-state index in [9.17, 15) is 46.3 Å². The maximum atomic E-state index is 13.8. The molecule has 0 radical (unpaired) electrons. The van der Waals surface area contributed by atoms with Crippen molar-refractivity contribution in [3.8, 4) is 28.7 Å². The van der Waals surface area contributed by atoms with Crippen LogP contribution in [0.1, 0.15) is 27.3 Å². The lowest BCUT2D eigenvalue weighted by atomic mass is 10.0. The molecule has 2 aromatic carbocycles. The maximum Gasteiger partial charge on any atom is 0.422 e. The number of carbonyl (C=O) groups is 1. The van der Waals surface area contributed by atoms with Gasteiger partial charge < -0.3 is 14.6 Å². The number of ether oxygens (including phenoxy) is 2. The molecule has 17 heteroatoms. The third-order valence-electron chi connectivity index (χ3n) is 6.68. The van der Waals surface area contributed by atoms with Crippen molar-refractivity contribution >= 4 is 50.0 Å². The fourth-order valence-electron chi connectivity index (χ4n) is 4.74. The second-order valence-corrected chi connectivity index (χ2v) is 10.9. The van der Waals surface area contributed by atoms with Crippen molar-refractivity contribution in [1.82, 2.24) is 14.5 Å². The molecule has 9 nitrogen and oxygen atoms in total. The highest BCUT2D eigenvalue weighted by molar-refractivity contribution is 7.18. The van der Waals surface area contributed by atoms with Crippen molar-refractivity contribution in [3.05, 3.63) is 79.8 Å². The summed E-state index contributed by atoms with van der Waals surface area (Å²) in [7, 11) is 0.